The maximum Gasteiger partial charge on any atom is 0.407 e. The molecule has 0 radical (unpaired) electrons. The summed E-state index contributed by atoms with van der Waals surface area (Å²) in [4.78, 5) is 15.9. The van der Waals surface area contributed by atoms with Gasteiger partial charge in [-0.05, 0) is 51.8 Å². The average Bonchev–Trinajstić information content (AvgIpc) is 3.37. The number of hydrogen-bond donors (Lipinski definition) is 4. The summed E-state index contributed by atoms with van der Waals surface area (Å²) in [6, 6.07) is 5.05. The number of nitrogens with zero attached hydrogens (tertiary/aromatic N) is 2. The van der Waals surface area contributed by atoms with Gasteiger partial charge in [-0.1, -0.05) is 6.92 Å². The number of nitrogens with one attached hydrogen (secondary N) is 4. The summed E-state index contributed by atoms with van der Waals surface area (Å²) in [5.74, 6) is 0.881. The van der Waals surface area contributed by atoms with E-state index in [-0.39, 0.29) is 29.2 Å². The van der Waals surface area contributed by atoms with E-state index in [9.17, 15) is 13.2 Å². The lowest BCUT2D eigenvalue weighted by Gasteiger charge is -2.16. The third-order valence-electron chi connectivity index (χ3n) is 5.23. The van der Waals surface area contributed by atoms with Gasteiger partial charge in [0.05, 0.1) is 11.9 Å². The number of pyridine rings is 1. The largest absolute Gasteiger partial charge is 0.447 e. The average molecular weight is 437 g/mol. The molecule has 1 aliphatic rings. The Morgan fingerprint density at radius 1 is 1.37 bits per heavy atom. The Kier molecular flexibility index (Phi) is 6.93. The summed E-state index contributed by atoms with van der Waals surface area (Å²) in [7, 11) is -2.23. The number of aromatic nitrogens is 3. The quantitative estimate of drug-likeness (QED) is 0.499. The van der Waals surface area contributed by atoms with Gasteiger partial charge < -0.3 is 15.4 Å². The fourth-order valence-electron chi connectivity index (χ4n) is 3.34. The molecule has 3 atom stereocenters. The Morgan fingerprint density at radius 3 is 2.83 bits per heavy atom. The molecule has 0 saturated heterocycles. The zero-order valence-corrected chi connectivity index (χ0v) is 18.1. The van der Waals surface area contributed by atoms with E-state index < -0.39 is 10.0 Å². The molecule has 1 saturated carbocycles. The number of H-pyrrole nitrogens is 1. The van der Waals surface area contributed by atoms with Crippen molar-refractivity contribution in [2.45, 2.75) is 62.6 Å². The second-order valence-corrected chi connectivity index (χ2v) is 9.24. The standard InChI is InChI=1S/C19H28N6O4S/c1-4-12(2)29-19(26)23-14-6-5-13(9-14)16-10-17(25-24-16)22-15-7-8-18(21-11-15)30(27,28)20-3/h7-8,10-14,20H,4-6,9H2,1-3H3,(H,23,26)(H2,22,24,25)/t12-,13-,14+/m0/s1. The number of hydrogen-bond acceptors (Lipinski definition) is 7. The molecule has 0 aromatic carbocycles. The fourth-order valence-corrected chi connectivity index (χ4v) is 3.99. The van der Waals surface area contributed by atoms with Crippen molar-refractivity contribution in [1.82, 2.24) is 25.2 Å². The van der Waals surface area contributed by atoms with Crippen molar-refractivity contribution in [3.8, 4) is 0 Å². The predicted molar refractivity (Wildman–Crippen MR) is 112 cm³/mol. The smallest absolute Gasteiger partial charge is 0.407 e. The lowest BCUT2D eigenvalue weighted by atomic mass is 10.0. The number of rotatable bonds is 8. The van der Waals surface area contributed by atoms with Gasteiger partial charge in [0.1, 0.15) is 6.10 Å². The van der Waals surface area contributed by atoms with Crippen LogP contribution in [-0.4, -0.2) is 48.9 Å². The van der Waals surface area contributed by atoms with Crippen LogP contribution in [0, 0.1) is 0 Å². The van der Waals surface area contributed by atoms with Crippen molar-refractivity contribution in [1.29, 1.82) is 0 Å². The molecule has 0 unspecified atom stereocenters. The maximum absolute atomic E-state index is 11.9. The van der Waals surface area contributed by atoms with Gasteiger partial charge in [-0.25, -0.2) is 22.9 Å². The Balaban J connectivity index is 1.55. The zero-order valence-electron chi connectivity index (χ0n) is 17.3. The van der Waals surface area contributed by atoms with Crippen molar-refractivity contribution in [3.05, 3.63) is 30.1 Å². The minimum Gasteiger partial charge on any atom is -0.447 e. The Bertz CT molecular complexity index is 960. The number of anilines is 2. The normalized spacial score (nSPS) is 20.0. The third kappa shape index (κ3) is 5.48. The number of amides is 1. The van der Waals surface area contributed by atoms with Crippen molar-refractivity contribution < 1.29 is 17.9 Å². The first-order valence-corrected chi connectivity index (χ1v) is 11.5. The van der Waals surface area contributed by atoms with Crippen LogP contribution in [-0.2, 0) is 14.8 Å². The molecule has 1 aliphatic carbocycles. The van der Waals surface area contributed by atoms with Crippen molar-refractivity contribution in [3.63, 3.8) is 0 Å². The zero-order chi connectivity index (χ0) is 21.7. The van der Waals surface area contributed by atoms with Gasteiger partial charge in [-0.15, -0.1) is 0 Å². The summed E-state index contributed by atoms with van der Waals surface area (Å²) in [5.41, 5.74) is 1.61. The first-order chi connectivity index (χ1) is 14.3. The van der Waals surface area contributed by atoms with Gasteiger partial charge >= 0.3 is 6.09 Å². The second-order valence-electron chi connectivity index (χ2n) is 7.40. The van der Waals surface area contributed by atoms with Crippen LogP contribution in [0.25, 0.3) is 0 Å². The van der Waals surface area contributed by atoms with Crippen LogP contribution < -0.4 is 15.4 Å². The van der Waals surface area contributed by atoms with E-state index in [0.717, 1.165) is 31.4 Å². The molecular weight excluding hydrogens is 408 g/mol. The molecular formula is C19H28N6O4S. The highest BCUT2D eigenvalue weighted by molar-refractivity contribution is 7.89. The number of carbonyl (C=O) groups is 1. The second kappa shape index (κ2) is 9.43. The van der Waals surface area contributed by atoms with E-state index in [1.807, 2.05) is 19.9 Å². The molecule has 10 nitrogen and oxygen atoms in total. The predicted octanol–water partition coefficient (Wildman–Crippen LogP) is 2.62. The lowest BCUT2D eigenvalue weighted by Crippen LogP contribution is -2.35. The number of sulfonamides is 1. The molecule has 2 aromatic heterocycles. The highest BCUT2D eigenvalue weighted by Gasteiger charge is 2.29. The monoisotopic (exact) mass is 436 g/mol. The summed E-state index contributed by atoms with van der Waals surface area (Å²) >= 11 is 0. The molecule has 0 bridgehead atoms. The van der Waals surface area contributed by atoms with Gasteiger partial charge in [-0.3, -0.25) is 5.10 Å². The van der Waals surface area contributed by atoms with Gasteiger partial charge in [0.25, 0.3) is 10.0 Å². The van der Waals surface area contributed by atoms with Crippen LogP contribution in [0.5, 0.6) is 0 Å². The van der Waals surface area contributed by atoms with Gasteiger partial charge in [0, 0.05) is 23.7 Å². The molecule has 1 amide bonds. The van der Waals surface area contributed by atoms with Crippen LogP contribution in [0.2, 0.25) is 0 Å². The summed E-state index contributed by atoms with van der Waals surface area (Å²) in [5, 5.41) is 13.3. The van der Waals surface area contributed by atoms with Crippen LogP contribution in [0.1, 0.15) is 51.1 Å². The van der Waals surface area contributed by atoms with E-state index in [1.165, 1.54) is 19.3 Å². The van der Waals surface area contributed by atoms with Crippen LogP contribution in [0.4, 0.5) is 16.3 Å². The van der Waals surface area contributed by atoms with Crippen LogP contribution >= 0.6 is 0 Å². The first-order valence-electron chi connectivity index (χ1n) is 9.99. The van der Waals surface area contributed by atoms with Crippen molar-refractivity contribution >= 4 is 27.6 Å². The van der Waals surface area contributed by atoms with E-state index in [1.54, 1.807) is 6.07 Å². The van der Waals surface area contributed by atoms with E-state index in [4.69, 9.17) is 4.74 Å². The number of aromatic amines is 1. The molecule has 1 fully saturated rings. The number of ether oxygens (including phenoxy) is 1. The van der Waals surface area contributed by atoms with Crippen molar-refractivity contribution in [2.24, 2.45) is 0 Å². The van der Waals surface area contributed by atoms with Crippen LogP contribution in [0.15, 0.2) is 29.4 Å². The summed E-state index contributed by atoms with van der Waals surface area (Å²) in [6.45, 7) is 3.85. The Morgan fingerprint density at radius 2 is 2.17 bits per heavy atom. The SMILES string of the molecule is CC[C@H](C)OC(=O)N[C@@H]1CC[C@H](c2cc(Nc3ccc(S(=O)(=O)NC)nc3)n[nH]2)C1. The van der Waals surface area contributed by atoms with Crippen LogP contribution in [0.3, 0.4) is 0 Å². The maximum atomic E-state index is 11.9. The highest BCUT2D eigenvalue weighted by Crippen LogP contribution is 2.34. The third-order valence-corrected chi connectivity index (χ3v) is 6.56. The number of alkyl carbamates (subject to hydrolysis) is 1. The molecule has 2 heterocycles. The van der Waals surface area contributed by atoms with Gasteiger partial charge in [0.2, 0.25) is 0 Å². The molecule has 0 aliphatic heterocycles. The molecule has 0 spiro atoms. The molecule has 30 heavy (non-hydrogen) atoms. The lowest BCUT2D eigenvalue weighted by molar-refractivity contribution is 0.102. The molecule has 164 valence electrons. The van der Waals surface area contributed by atoms with E-state index in [2.05, 4.69) is 30.5 Å². The minimum atomic E-state index is -3.57. The number of carbonyl (C=O) groups excluding carboxylic acids is 1. The molecule has 3 rings (SSSR count). The van der Waals surface area contributed by atoms with E-state index in [0.29, 0.717) is 11.5 Å². The minimum absolute atomic E-state index is 0.0466. The molecule has 11 heteroatoms. The van der Waals surface area contributed by atoms with Gasteiger partial charge in [-0.2, -0.15) is 5.10 Å². The van der Waals surface area contributed by atoms with Gasteiger partial charge in [0.15, 0.2) is 10.8 Å². The highest BCUT2D eigenvalue weighted by atomic mass is 32.2. The molecule has 2 aromatic rings. The Hall–Kier alpha value is -2.66. The van der Waals surface area contributed by atoms with Crippen molar-refractivity contribution in [2.75, 3.05) is 12.4 Å². The molecule has 4 N–H and O–H groups in total. The Labute approximate surface area is 176 Å². The fraction of sp³-hybridized carbons (Fsp3) is 0.526. The first kappa shape index (κ1) is 22.0. The summed E-state index contributed by atoms with van der Waals surface area (Å²) in [6.07, 6.45) is 4.41. The topological polar surface area (TPSA) is 138 Å². The van der Waals surface area contributed by atoms with E-state index >= 15 is 0 Å². The summed E-state index contributed by atoms with van der Waals surface area (Å²) < 4.78 is 31.0.